The van der Waals surface area contributed by atoms with Crippen LogP contribution in [0, 0.1) is 5.41 Å². The lowest BCUT2D eigenvalue weighted by Gasteiger charge is -2.25. The van der Waals surface area contributed by atoms with Gasteiger partial charge in [0.15, 0.2) is 0 Å². The van der Waals surface area contributed by atoms with Crippen molar-refractivity contribution in [3.63, 3.8) is 0 Å². The first kappa shape index (κ1) is 11.2. The number of carbonyl (C=O) groups is 1. The molecule has 0 aliphatic carbocycles. The van der Waals surface area contributed by atoms with Gasteiger partial charge in [-0.2, -0.15) is 0 Å². The van der Waals surface area contributed by atoms with Crippen LogP contribution < -0.4 is 5.32 Å². The molecule has 0 radical (unpaired) electrons. The fourth-order valence-electron chi connectivity index (χ4n) is 0.457. The van der Waals surface area contributed by atoms with Crippen molar-refractivity contribution in [2.24, 2.45) is 5.41 Å². The third-order valence-corrected chi connectivity index (χ3v) is 1.36. The topological polar surface area (TPSA) is 29.1 Å². The molecule has 2 nitrogen and oxygen atoms in total. The minimum atomic E-state index is -0.289. The van der Waals surface area contributed by atoms with E-state index in [9.17, 15) is 4.79 Å². The molecular weight excluding hydrogens is 253 g/mol. The largest absolute Gasteiger partial charge is 0.342 e. The van der Waals surface area contributed by atoms with Gasteiger partial charge in [-0.1, -0.05) is 43.4 Å². The number of rotatable bonds is 1. The molecule has 0 atom stereocenters. The fraction of sp³-hybridized carbons (Fsp3) is 0.875. The second-order valence-corrected chi connectivity index (χ2v) is 6.87. The van der Waals surface area contributed by atoms with Crippen LogP contribution in [0.3, 0.4) is 0 Å². The van der Waals surface area contributed by atoms with Crippen LogP contribution in [0.5, 0.6) is 0 Å². The Hall–Kier alpha value is 0.200. The van der Waals surface area contributed by atoms with Gasteiger partial charge in [0.2, 0.25) is 5.91 Å². The van der Waals surface area contributed by atoms with Crippen LogP contribution in [0.1, 0.15) is 34.6 Å². The summed E-state index contributed by atoms with van der Waals surface area (Å²) in [6, 6.07) is 0. The summed E-state index contributed by atoms with van der Waals surface area (Å²) in [6.07, 6.45) is 0. The van der Waals surface area contributed by atoms with Crippen LogP contribution in [0.25, 0.3) is 0 Å². The quantitative estimate of drug-likeness (QED) is 0.442. The summed E-state index contributed by atoms with van der Waals surface area (Å²) in [6.45, 7) is 9.66. The molecule has 0 aliphatic heterocycles. The molecule has 0 unspecified atom stereocenters. The number of amides is 1. The smallest absolute Gasteiger partial charge is 0.226 e. The van der Waals surface area contributed by atoms with Crippen molar-refractivity contribution in [3.05, 3.63) is 0 Å². The zero-order valence-electron chi connectivity index (χ0n) is 7.79. The van der Waals surface area contributed by atoms with E-state index in [1.807, 2.05) is 34.6 Å². The van der Waals surface area contributed by atoms with Crippen LogP contribution in [0.15, 0.2) is 0 Å². The van der Waals surface area contributed by atoms with Crippen molar-refractivity contribution in [2.75, 3.05) is 0 Å². The molecule has 0 aromatic heterocycles. The molecule has 0 rings (SSSR count). The third-order valence-electron chi connectivity index (χ3n) is 1.09. The van der Waals surface area contributed by atoms with Gasteiger partial charge in [-0.3, -0.25) is 4.79 Å². The highest BCUT2D eigenvalue weighted by atomic mass is 127. The maximum Gasteiger partial charge on any atom is 0.226 e. The minimum Gasteiger partial charge on any atom is -0.342 e. The van der Waals surface area contributed by atoms with Crippen molar-refractivity contribution in [2.45, 2.75) is 38.2 Å². The highest BCUT2D eigenvalue weighted by Crippen LogP contribution is 2.18. The first-order chi connectivity index (χ1) is 4.63. The second-order valence-electron chi connectivity index (χ2n) is 4.18. The van der Waals surface area contributed by atoms with Crippen molar-refractivity contribution in [1.29, 1.82) is 0 Å². The van der Waals surface area contributed by atoms with Gasteiger partial charge in [-0.05, 0) is 13.8 Å². The van der Waals surface area contributed by atoms with E-state index in [2.05, 4.69) is 27.9 Å². The lowest BCUT2D eigenvalue weighted by molar-refractivity contribution is -0.129. The number of carbonyl (C=O) groups excluding carboxylic acids is 1. The molecule has 11 heavy (non-hydrogen) atoms. The Morgan fingerprint density at radius 3 is 1.64 bits per heavy atom. The molecule has 0 heterocycles. The molecular formula is C8H16INO. The van der Waals surface area contributed by atoms with E-state index >= 15 is 0 Å². The van der Waals surface area contributed by atoms with E-state index < -0.39 is 0 Å². The Morgan fingerprint density at radius 1 is 1.18 bits per heavy atom. The highest BCUT2D eigenvalue weighted by Gasteiger charge is 2.25. The SMILES string of the molecule is CC(C)(I)NC(=O)C(C)(C)C. The summed E-state index contributed by atoms with van der Waals surface area (Å²) in [5, 5.41) is 2.91. The van der Waals surface area contributed by atoms with Crippen LogP contribution in [-0.4, -0.2) is 9.45 Å². The van der Waals surface area contributed by atoms with Crippen LogP contribution in [0.4, 0.5) is 0 Å². The summed E-state index contributed by atoms with van der Waals surface area (Å²) in [7, 11) is 0. The molecule has 0 saturated heterocycles. The highest BCUT2D eigenvalue weighted by molar-refractivity contribution is 14.1. The average Bonchev–Trinajstić information content (AvgIpc) is 1.56. The van der Waals surface area contributed by atoms with E-state index in [-0.39, 0.29) is 14.9 Å². The second kappa shape index (κ2) is 3.29. The molecule has 0 spiro atoms. The Morgan fingerprint density at radius 2 is 1.55 bits per heavy atom. The molecule has 1 N–H and O–H groups in total. The van der Waals surface area contributed by atoms with Crippen LogP contribution >= 0.6 is 22.6 Å². The van der Waals surface area contributed by atoms with Gasteiger partial charge >= 0.3 is 0 Å². The minimum absolute atomic E-state index is 0.0944. The number of hydrogen-bond acceptors (Lipinski definition) is 1. The Kier molecular flexibility index (Phi) is 3.35. The molecule has 0 fully saturated rings. The van der Waals surface area contributed by atoms with Gasteiger partial charge in [0.25, 0.3) is 0 Å². The normalized spacial score (nSPS) is 12.9. The number of nitrogens with one attached hydrogen (secondary N) is 1. The van der Waals surface area contributed by atoms with E-state index in [1.165, 1.54) is 0 Å². The van der Waals surface area contributed by atoms with Gasteiger partial charge in [-0.25, -0.2) is 0 Å². The third kappa shape index (κ3) is 5.47. The molecule has 0 saturated carbocycles. The molecule has 66 valence electrons. The summed E-state index contributed by atoms with van der Waals surface area (Å²) in [5.74, 6) is 0.0944. The van der Waals surface area contributed by atoms with E-state index in [0.29, 0.717) is 0 Å². The zero-order valence-corrected chi connectivity index (χ0v) is 9.94. The molecule has 3 heteroatoms. The van der Waals surface area contributed by atoms with Gasteiger partial charge in [0.05, 0.1) is 3.55 Å². The van der Waals surface area contributed by atoms with E-state index in [0.717, 1.165) is 0 Å². The number of halogens is 1. The molecule has 0 aliphatic rings. The first-order valence-corrected chi connectivity index (χ1v) is 4.72. The van der Waals surface area contributed by atoms with Gasteiger partial charge in [-0.15, -0.1) is 0 Å². The van der Waals surface area contributed by atoms with Crippen molar-refractivity contribution in [3.8, 4) is 0 Å². The average molecular weight is 269 g/mol. The van der Waals surface area contributed by atoms with Gasteiger partial charge in [0.1, 0.15) is 0 Å². The lowest BCUT2D eigenvalue weighted by Crippen LogP contribution is -2.44. The Bertz CT molecular complexity index is 152. The maximum absolute atomic E-state index is 11.4. The van der Waals surface area contributed by atoms with Crippen LogP contribution in [-0.2, 0) is 4.79 Å². The molecule has 0 aromatic carbocycles. The van der Waals surface area contributed by atoms with Crippen molar-refractivity contribution in [1.82, 2.24) is 5.32 Å². The lowest BCUT2D eigenvalue weighted by atomic mass is 9.95. The Balaban J connectivity index is 4.11. The maximum atomic E-state index is 11.4. The molecule has 0 aromatic rings. The molecule has 1 amide bonds. The van der Waals surface area contributed by atoms with E-state index in [1.54, 1.807) is 0 Å². The monoisotopic (exact) mass is 269 g/mol. The standard InChI is InChI=1S/C8H16INO/c1-7(2,3)6(11)10-8(4,5)9/h1-5H3,(H,10,11). The predicted molar refractivity (Wildman–Crippen MR) is 55.7 cm³/mol. The van der Waals surface area contributed by atoms with E-state index in [4.69, 9.17) is 0 Å². The molecule has 0 bridgehead atoms. The van der Waals surface area contributed by atoms with Crippen molar-refractivity contribution >= 4 is 28.5 Å². The number of hydrogen-bond donors (Lipinski definition) is 1. The summed E-state index contributed by atoms with van der Waals surface area (Å²) in [5.41, 5.74) is -0.289. The fourth-order valence-corrected chi connectivity index (χ4v) is 0.702. The van der Waals surface area contributed by atoms with Gasteiger partial charge in [0, 0.05) is 5.41 Å². The summed E-state index contributed by atoms with van der Waals surface area (Å²) in [4.78, 5) is 11.4. The predicted octanol–water partition coefficient (Wildman–Crippen LogP) is 2.32. The van der Waals surface area contributed by atoms with Crippen LogP contribution in [0.2, 0.25) is 0 Å². The zero-order chi connectivity index (χ0) is 9.28. The number of alkyl halides is 1. The summed E-state index contributed by atoms with van der Waals surface area (Å²) < 4.78 is -0.151. The Labute approximate surface area is 82.3 Å². The summed E-state index contributed by atoms with van der Waals surface area (Å²) >= 11 is 2.20. The first-order valence-electron chi connectivity index (χ1n) is 3.64. The van der Waals surface area contributed by atoms with Gasteiger partial charge < -0.3 is 5.32 Å². The van der Waals surface area contributed by atoms with Crippen molar-refractivity contribution < 1.29 is 4.79 Å².